The summed E-state index contributed by atoms with van der Waals surface area (Å²) in [5.41, 5.74) is 8.07. The van der Waals surface area contributed by atoms with Crippen LogP contribution in [0.3, 0.4) is 0 Å². The second-order valence-electron chi connectivity index (χ2n) is 5.07. The highest BCUT2D eigenvalue weighted by atomic mass is 32.2. The average Bonchev–Trinajstić information content (AvgIpc) is 2.63. The molecule has 0 aliphatic heterocycles. The number of hydrogen-bond donors (Lipinski definition) is 8. The molecule has 0 spiro atoms. The van der Waals surface area contributed by atoms with Gasteiger partial charge >= 0.3 is 0 Å². The number of hydrogen-bond acceptors (Lipinski definition) is 10. The third-order valence-corrected chi connectivity index (χ3v) is 5.83. The third kappa shape index (κ3) is 11.9. The van der Waals surface area contributed by atoms with Crippen molar-refractivity contribution in [2.24, 2.45) is 23.4 Å². The predicted octanol–water partition coefficient (Wildman–Crippen LogP) is -3.29. The van der Waals surface area contributed by atoms with Crippen molar-refractivity contribution in [2.45, 2.75) is 36.2 Å². The summed E-state index contributed by atoms with van der Waals surface area (Å²) in [6.45, 7) is 0. The van der Waals surface area contributed by atoms with Gasteiger partial charge in [0.25, 0.3) is 0 Å². The summed E-state index contributed by atoms with van der Waals surface area (Å²) in [6.07, 6.45) is 0.253. The number of rotatable bonds is 13. The highest BCUT2D eigenvalue weighted by Crippen LogP contribution is 2.24. The summed E-state index contributed by atoms with van der Waals surface area (Å²) >= 11 is 2.79. The zero-order valence-corrected chi connectivity index (χ0v) is 15.8. The molecule has 12 N–H and O–H groups in total. The Hall–Kier alpha value is -1.58. The topological polar surface area (TPSA) is 220 Å². The number of nitrogens with one attached hydrogen (secondary N) is 4. The summed E-state index contributed by atoms with van der Waals surface area (Å²) < 4.78 is 0. The van der Waals surface area contributed by atoms with Crippen molar-refractivity contribution in [3.63, 3.8) is 0 Å². The van der Waals surface area contributed by atoms with E-state index in [-0.39, 0.29) is 36.2 Å². The van der Waals surface area contributed by atoms with Gasteiger partial charge in [0.1, 0.15) is 0 Å². The number of carbonyl (C=O) groups excluding carboxylic acids is 4. The Morgan fingerprint density at radius 2 is 0.808 bits per heavy atom. The molecule has 0 fully saturated rings. The lowest BCUT2D eigenvalue weighted by molar-refractivity contribution is -0.124. The van der Waals surface area contributed by atoms with E-state index in [0.717, 1.165) is 0 Å². The highest BCUT2D eigenvalue weighted by Gasteiger charge is 2.20. The quantitative estimate of drug-likeness (QED) is 0.0654. The summed E-state index contributed by atoms with van der Waals surface area (Å²) in [5, 5.41) is -0.610. The Labute approximate surface area is 159 Å². The largest absolute Gasteiger partial charge is 0.294 e. The van der Waals surface area contributed by atoms with Crippen molar-refractivity contribution in [1.82, 2.24) is 21.7 Å². The normalized spacial score (nSPS) is 10.5. The Morgan fingerprint density at radius 1 is 0.577 bits per heavy atom. The molecule has 0 rings (SSSR count). The van der Waals surface area contributed by atoms with Crippen LogP contribution in [0.2, 0.25) is 0 Å². The molecule has 0 radical (unpaired) electrons. The van der Waals surface area contributed by atoms with E-state index in [2.05, 4.69) is 0 Å². The van der Waals surface area contributed by atoms with Crippen LogP contribution in [-0.4, -0.2) is 45.6 Å². The molecule has 0 saturated heterocycles. The molecule has 12 nitrogen and oxygen atoms in total. The predicted molar refractivity (Wildman–Crippen MR) is 100 cm³/mol. The SMILES string of the molecule is NNC(=O)CC(CC(=O)NN)SCCSC(CC(=O)NN)CC(=O)NN. The average molecular weight is 411 g/mol. The van der Waals surface area contributed by atoms with E-state index in [1.807, 2.05) is 21.7 Å². The molecular formula is C12H26N8O4S2. The molecule has 0 bridgehead atoms. The fourth-order valence-corrected chi connectivity index (χ4v) is 4.39. The maximum atomic E-state index is 11.4. The van der Waals surface area contributed by atoms with Crippen LogP contribution in [0.5, 0.6) is 0 Å². The highest BCUT2D eigenvalue weighted by molar-refractivity contribution is 8.03. The zero-order valence-electron chi connectivity index (χ0n) is 14.2. The van der Waals surface area contributed by atoms with Gasteiger partial charge in [0.15, 0.2) is 0 Å². The number of hydrazine groups is 4. The molecule has 150 valence electrons. The van der Waals surface area contributed by atoms with Crippen LogP contribution >= 0.6 is 23.5 Å². The molecule has 0 unspecified atom stereocenters. The smallest absolute Gasteiger partial charge is 0.235 e. The van der Waals surface area contributed by atoms with Gasteiger partial charge in [-0.15, -0.1) is 0 Å². The van der Waals surface area contributed by atoms with Crippen molar-refractivity contribution in [1.29, 1.82) is 0 Å². The molecule has 0 aromatic carbocycles. The van der Waals surface area contributed by atoms with Gasteiger partial charge in [0.05, 0.1) is 0 Å². The molecule has 14 heteroatoms. The van der Waals surface area contributed by atoms with Crippen LogP contribution in [0.1, 0.15) is 25.7 Å². The van der Waals surface area contributed by atoms with E-state index in [1.165, 1.54) is 23.5 Å². The van der Waals surface area contributed by atoms with Crippen LogP contribution in [0.25, 0.3) is 0 Å². The Kier molecular flexibility index (Phi) is 13.7. The van der Waals surface area contributed by atoms with Crippen LogP contribution in [0.4, 0.5) is 0 Å². The molecule has 0 aliphatic carbocycles. The second-order valence-corrected chi connectivity index (χ2v) is 7.89. The summed E-state index contributed by atoms with van der Waals surface area (Å²) in [6, 6.07) is 0. The summed E-state index contributed by atoms with van der Waals surface area (Å²) in [4.78, 5) is 45.6. The van der Waals surface area contributed by atoms with Gasteiger partial charge in [-0.25, -0.2) is 23.4 Å². The van der Waals surface area contributed by atoms with E-state index in [1.54, 1.807) is 0 Å². The lowest BCUT2D eigenvalue weighted by Crippen LogP contribution is -2.36. The van der Waals surface area contributed by atoms with Crippen LogP contribution < -0.4 is 45.1 Å². The van der Waals surface area contributed by atoms with Crippen molar-refractivity contribution < 1.29 is 19.2 Å². The Morgan fingerprint density at radius 3 is 1.00 bits per heavy atom. The first-order valence-corrected chi connectivity index (χ1v) is 9.66. The third-order valence-electron chi connectivity index (χ3n) is 3.09. The van der Waals surface area contributed by atoms with E-state index in [9.17, 15) is 19.2 Å². The molecule has 0 atom stereocenters. The number of amides is 4. The van der Waals surface area contributed by atoms with Gasteiger partial charge < -0.3 is 0 Å². The molecule has 0 aromatic rings. The van der Waals surface area contributed by atoms with Gasteiger partial charge in [0, 0.05) is 47.7 Å². The number of nitrogens with two attached hydrogens (primary N) is 4. The molecule has 0 heterocycles. The molecule has 0 saturated carbocycles. The van der Waals surface area contributed by atoms with Crippen LogP contribution in [0, 0.1) is 0 Å². The number of carbonyl (C=O) groups is 4. The van der Waals surface area contributed by atoms with Crippen molar-refractivity contribution >= 4 is 47.2 Å². The Balaban J connectivity index is 4.48. The molecule has 4 amide bonds. The monoisotopic (exact) mass is 410 g/mol. The summed E-state index contributed by atoms with van der Waals surface area (Å²) in [5.74, 6) is 19.8. The lowest BCUT2D eigenvalue weighted by atomic mass is 10.2. The van der Waals surface area contributed by atoms with Gasteiger partial charge in [-0.3, -0.25) is 40.9 Å². The first kappa shape index (κ1) is 24.4. The van der Waals surface area contributed by atoms with Gasteiger partial charge in [-0.1, -0.05) is 0 Å². The van der Waals surface area contributed by atoms with Crippen molar-refractivity contribution in [2.75, 3.05) is 11.5 Å². The minimum Gasteiger partial charge on any atom is -0.294 e. The van der Waals surface area contributed by atoms with Crippen LogP contribution in [-0.2, 0) is 19.2 Å². The maximum Gasteiger partial charge on any atom is 0.235 e. The van der Waals surface area contributed by atoms with Gasteiger partial charge in [-0.2, -0.15) is 23.5 Å². The fourth-order valence-electron chi connectivity index (χ4n) is 1.87. The molecule has 0 aliphatic rings. The minimum absolute atomic E-state index is 0.0633. The minimum atomic E-state index is -0.392. The van der Waals surface area contributed by atoms with E-state index >= 15 is 0 Å². The standard InChI is InChI=1S/C12H26N8O4S2/c13-17-9(21)3-7(4-10(22)18-14)25-1-2-26-8(5-11(23)19-15)6-12(24)20-16/h7-8H,1-6,13-16H2,(H,17,21)(H,18,22)(H,19,23)(H,20,24). The van der Waals surface area contributed by atoms with E-state index in [0.29, 0.717) is 11.5 Å². The first-order valence-electron chi connectivity index (χ1n) is 7.57. The molecular weight excluding hydrogens is 384 g/mol. The van der Waals surface area contributed by atoms with Crippen LogP contribution in [0.15, 0.2) is 0 Å². The summed E-state index contributed by atoms with van der Waals surface area (Å²) in [7, 11) is 0. The Bertz CT molecular complexity index is 404. The molecule has 26 heavy (non-hydrogen) atoms. The van der Waals surface area contributed by atoms with Crippen molar-refractivity contribution in [3.8, 4) is 0 Å². The first-order chi connectivity index (χ1) is 12.4. The number of thioether (sulfide) groups is 2. The van der Waals surface area contributed by atoms with Gasteiger partial charge in [0.2, 0.25) is 23.6 Å². The zero-order chi connectivity index (χ0) is 19.9. The lowest BCUT2D eigenvalue weighted by Gasteiger charge is -2.17. The van der Waals surface area contributed by atoms with E-state index < -0.39 is 23.6 Å². The van der Waals surface area contributed by atoms with Crippen molar-refractivity contribution in [3.05, 3.63) is 0 Å². The van der Waals surface area contributed by atoms with Gasteiger partial charge in [-0.05, 0) is 0 Å². The second kappa shape index (κ2) is 14.6. The maximum absolute atomic E-state index is 11.4. The molecule has 0 aromatic heterocycles. The van der Waals surface area contributed by atoms with E-state index in [4.69, 9.17) is 23.4 Å². The fraction of sp³-hybridized carbons (Fsp3) is 0.667.